The highest BCUT2D eigenvalue weighted by molar-refractivity contribution is 6.35. The van der Waals surface area contributed by atoms with Crippen molar-refractivity contribution >= 4 is 34.9 Å². The molecule has 2 aromatic rings. The lowest BCUT2D eigenvalue weighted by Gasteiger charge is -2.12. The Hall–Kier alpha value is -1.91. The second-order valence-corrected chi connectivity index (χ2v) is 5.54. The third-order valence-electron chi connectivity index (χ3n) is 2.97. The van der Waals surface area contributed by atoms with Gasteiger partial charge in [0, 0.05) is 11.1 Å². The van der Waals surface area contributed by atoms with Gasteiger partial charge in [-0.2, -0.15) is 0 Å². The number of carbonyl (C=O) groups excluding carboxylic acids is 2. The summed E-state index contributed by atoms with van der Waals surface area (Å²) in [7, 11) is 0. The van der Waals surface area contributed by atoms with Crippen LogP contribution in [0.3, 0.4) is 0 Å². The van der Waals surface area contributed by atoms with E-state index in [-0.39, 0.29) is 10.6 Å². The number of ketones is 1. The van der Waals surface area contributed by atoms with Gasteiger partial charge >= 0.3 is 0 Å². The first-order valence-electron chi connectivity index (χ1n) is 6.39. The average Bonchev–Trinajstić information content (AvgIpc) is 2.49. The Morgan fingerprint density at radius 2 is 1.86 bits per heavy atom. The number of amides is 1. The number of Topliss-reactive ketones (excluding diaryl/α,β-unsaturated/α-hetero) is 1. The molecule has 1 N–H and O–H groups in total. The Balaban J connectivity index is 2.11. The summed E-state index contributed by atoms with van der Waals surface area (Å²) >= 11 is 11.5. The van der Waals surface area contributed by atoms with E-state index in [1.807, 2.05) is 13.0 Å². The molecule has 0 aliphatic rings. The van der Waals surface area contributed by atoms with E-state index >= 15 is 0 Å². The number of carbonyl (C=O) groups is 2. The van der Waals surface area contributed by atoms with Crippen LogP contribution >= 0.6 is 23.2 Å². The summed E-state index contributed by atoms with van der Waals surface area (Å²) in [5, 5.41) is 2.29. The maximum atomic E-state index is 13.4. The number of aryl methyl sites for hydroxylation is 1. The van der Waals surface area contributed by atoms with Gasteiger partial charge in [-0.15, -0.1) is 0 Å². The molecule has 0 fully saturated rings. The summed E-state index contributed by atoms with van der Waals surface area (Å²) in [4.78, 5) is 24.1. The first kappa shape index (κ1) is 16.5. The molecule has 0 heterocycles. The molecule has 0 aliphatic heterocycles. The molecule has 2 rings (SSSR count). The number of hydrogen-bond acceptors (Lipinski definition) is 2. The lowest BCUT2D eigenvalue weighted by Crippen LogP contribution is -2.36. The molecular formula is C16H12Cl2FNO2. The van der Waals surface area contributed by atoms with E-state index in [0.29, 0.717) is 5.56 Å². The van der Waals surface area contributed by atoms with Gasteiger partial charge in [0.2, 0.25) is 5.78 Å². The first-order valence-corrected chi connectivity index (χ1v) is 7.21. The smallest absolute Gasteiger partial charge is 0.252 e. The topological polar surface area (TPSA) is 46.2 Å². The van der Waals surface area contributed by atoms with Crippen molar-refractivity contribution in [2.24, 2.45) is 0 Å². The maximum absolute atomic E-state index is 13.4. The second kappa shape index (κ2) is 6.90. The predicted molar refractivity (Wildman–Crippen MR) is 84.0 cm³/mol. The Morgan fingerprint density at radius 3 is 2.50 bits per heavy atom. The van der Waals surface area contributed by atoms with Crippen molar-refractivity contribution in [3.05, 3.63) is 70.0 Å². The number of benzene rings is 2. The largest absolute Gasteiger partial charge is 0.329 e. The highest BCUT2D eigenvalue weighted by Crippen LogP contribution is 2.17. The molecule has 1 amide bonds. The van der Waals surface area contributed by atoms with E-state index in [1.54, 1.807) is 18.2 Å². The average molecular weight is 340 g/mol. The van der Waals surface area contributed by atoms with Crippen LogP contribution in [0.5, 0.6) is 0 Å². The van der Waals surface area contributed by atoms with Gasteiger partial charge in [-0.3, -0.25) is 9.59 Å². The van der Waals surface area contributed by atoms with Crippen LogP contribution in [0.1, 0.15) is 26.3 Å². The third kappa shape index (κ3) is 3.84. The van der Waals surface area contributed by atoms with E-state index in [2.05, 4.69) is 5.32 Å². The van der Waals surface area contributed by atoms with Gasteiger partial charge in [0.05, 0.1) is 5.02 Å². The predicted octanol–water partition coefficient (Wildman–Crippen LogP) is 3.97. The Kier molecular flexibility index (Phi) is 5.16. The normalized spacial score (nSPS) is 11.8. The van der Waals surface area contributed by atoms with Crippen molar-refractivity contribution in [3.63, 3.8) is 0 Å². The standard InChI is InChI=1S/C16H12Cl2FNO2/c1-9-3-2-4-11(7-9)16(22)20-15(18)14(21)10-5-6-12(17)13(19)8-10/h2-8,15H,1H3,(H,20,22). The zero-order valence-electron chi connectivity index (χ0n) is 11.6. The van der Waals surface area contributed by atoms with Gasteiger partial charge in [0.25, 0.3) is 5.91 Å². The molecule has 0 saturated carbocycles. The SMILES string of the molecule is Cc1cccc(C(=O)NC(Cl)C(=O)c2ccc(Cl)c(F)c2)c1. The highest BCUT2D eigenvalue weighted by Gasteiger charge is 2.21. The van der Waals surface area contributed by atoms with Crippen molar-refractivity contribution < 1.29 is 14.0 Å². The fourth-order valence-electron chi connectivity index (χ4n) is 1.85. The monoisotopic (exact) mass is 339 g/mol. The van der Waals surface area contributed by atoms with Crippen LogP contribution in [0.2, 0.25) is 5.02 Å². The molecule has 1 unspecified atom stereocenters. The zero-order chi connectivity index (χ0) is 16.3. The molecule has 0 aliphatic carbocycles. The van der Waals surface area contributed by atoms with Gasteiger partial charge in [0.15, 0.2) is 5.50 Å². The van der Waals surface area contributed by atoms with Crippen LogP contribution in [-0.4, -0.2) is 17.2 Å². The lowest BCUT2D eigenvalue weighted by atomic mass is 10.1. The quantitative estimate of drug-likeness (QED) is 0.520. The molecule has 0 bridgehead atoms. The van der Waals surface area contributed by atoms with E-state index < -0.39 is 23.0 Å². The molecule has 1 atom stereocenters. The molecule has 0 saturated heterocycles. The number of hydrogen-bond donors (Lipinski definition) is 1. The fraction of sp³-hybridized carbons (Fsp3) is 0.125. The summed E-state index contributed by atoms with van der Waals surface area (Å²) in [5.41, 5.74) is 0.0330. The fourth-order valence-corrected chi connectivity index (χ4v) is 2.19. The molecule has 3 nitrogen and oxygen atoms in total. The Labute approximate surface area is 137 Å². The van der Waals surface area contributed by atoms with Crippen LogP contribution in [0.4, 0.5) is 4.39 Å². The molecule has 0 aromatic heterocycles. The molecule has 114 valence electrons. The summed E-state index contributed by atoms with van der Waals surface area (Å²) in [6.45, 7) is 1.84. The highest BCUT2D eigenvalue weighted by atomic mass is 35.5. The summed E-state index contributed by atoms with van der Waals surface area (Å²) in [6.07, 6.45) is 0. The van der Waals surface area contributed by atoms with Crippen LogP contribution in [0.15, 0.2) is 42.5 Å². The van der Waals surface area contributed by atoms with E-state index in [4.69, 9.17) is 23.2 Å². The minimum Gasteiger partial charge on any atom is -0.329 e. The Morgan fingerprint density at radius 1 is 1.14 bits per heavy atom. The van der Waals surface area contributed by atoms with Crippen molar-refractivity contribution in [1.82, 2.24) is 5.32 Å². The first-order chi connectivity index (χ1) is 10.4. The zero-order valence-corrected chi connectivity index (χ0v) is 13.1. The number of rotatable bonds is 4. The molecule has 0 radical (unpaired) electrons. The van der Waals surface area contributed by atoms with Crippen molar-refractivity contribution in [2.75, 3.05) is 0 Å². The van der Waals surface area contributed by atoms with Crippen LogP contribution in [-0.2, 0) is 0 Å². The second-order valence-electron chi connectivity index (χ2n) is 4.70. The number of nitrogens with one attached hydrogen (secondary N) is 1. The minimum absolute atomic E-state index is 0.0337. The van der Waals surface area contributed by atoms with Gasteiger partial charge in [-0.05, 0) is 37.3 Å². The molecule has 22 heavy (non-hydrogen) atoms. The maximum Gasteiger partial charge on any atom is 0.252 e. The summed E-state index contributed by atoms with van der Waals surface area (Å²) < 4.78 is 13.4. The Bertz CT molecular complexity index is 734. The molecule has 0 spiro atoms. The minimum atomic E-state index is -1.30. The van der Waals surface area contributed by atoms with Crippen molar-refractivity contribution in [2.45, 2.75) is 12.4 Å². The third-order valence-corrected chi connectivity index (χ3v) is 3.59. The van der Waals surface area contributed by atoms with E-state index in [0.717, 1.165) is 11.6 Å². The van der Waals surface area contributed by atoms with Crippen molar-refractivity contribution in [1.29, 1.82) is 0 Å². The molecule has 2 aromatic carbocycles. The van der Waals surface area contributed by atoms with Crippen LogP contribution in [0.25, 0.3) is 0 Å². The lowest BCUT2D eigenvalue weighted by molar-refractivity contribution is 0.0889. The van der Waals surface area contributed by atoms with Crippen LogP contribution < -0.4 is 5.32 Å². The number of alkyl halides is 1. The van der Waals surface area contributed by atoms with Crippen molar-refractivity contribution in [3.8, 4) is 0 Å². The van der Waals surface area contributed by atoms with Gasteiger partial charge in [-0.25, -0.2) is 4.39 Å². The summed E-state index contributed by atoms with van der Waals surface area (Å²) in [6, 6.07) is 10.4. The van der Waals surface area contributed by atoms with Crippen LogP contribution in [0, 0.1) is 12.7 Å². The van der Waals surface area contributed by atoms with E-state index in [9.17, 15) is 14.0 Å². The van der Waals surface area contributed by atoms with Gasteiger partial charge in [-0.1, -0.05) is 40.9 Å². The van der Waals surface area contributed by atoms with E-state index in [1.165, 1.54) is 12.1 Å². The summed E-state index contributed by atoms with van der Waals surface area (Å²) in [5.74, 6) is -1.81. The molecule has 6 heteroatoms. The van der Waals surface area contributed by atoms with Gasteiger partial charge in [0.1, 0.15) is 5.82 Å². The number of halogens is 3. The molecular weight excluding hydrogens is 328 g/mol. The van der Waals surface area contributed by atoms with Gasteiger partial charge < -0.3 is 5.32 Å².